The molecule has 0 aromatic heterocycles. The van der Waals surface area contributed by atoms with E-state index >= 15 is 0 Å². The van der Waals surface area contributed by atoms with Gasteiger partial charge in [-0.1, -0.05) is 39.0 Å². The second-order valence-corrected chi connectivity index (χ2v) is 13.2. The Morgan fingerprint density at radius 2 is 1.75 bits per heavy atom. The molecular formula is C31H44O5. The van der Waals surface area contributed by atoms with Crippen LogP contribution in [0.25, 0.3) is 0 Å². The van der Waals surface area contributed by atoms with Crippen molar-refractivity contribution in [2.75, 3.05) is 19.8 Å². The van der Waals surface area contributed by atoms with E-state index in [4.69, 9.17) is 14.2 Å². The molecular weight excluding hydrogens is 452 g/mol. The van der Waals surface area contributed by atoms with Crippen molar-refractivity contribution in [3.8, 4) is 0 Å². The van der Waals surface area contributed by atoms with Crippen LogP contribution in [-0.2, 0) is 14.2 Å². The Bertz CT molecular complexity index is 957. The first-order valence-electron chi connectivity index (χ1n) is 14.4. The van der Waals surface area contributed by atoms with E-state index in [9.17, 15) is 9.90 Å². The summed E-state index contributed by atoms with van der Waals surface area (Å²) in [6, 6.07) is 9.48. The van der Waals surface area contributed by atoms with Crippen LogP contribution in [-0.4, -0.2) is 42.8 Å². The van der Waals surface area contributed by atoms with E-state index in [2.05, 4.69) is 20.8 Å². The minimum atomic E-state index is -0.427. The molecule has 1 saturated heterocycles. The third-order valence-electron chi connectivity index (χ3n) is 11.8. The van der Waals surface area contributed by atoms with Gasteiger partial charge in [0.1, 0.15) is 6.10 Å². The van der Waals surface area contributed by atoms with Crippen molar-refractivity contribution in [1.82, 2.24) is 0 Å². The van der Waals surface area contributed by atoms with E-state index < -0.39 is 5.79 Å². The Morgan fingerprint density at radius 1 is 1.03 bits per heavy atom. The molecule has 4 saturated carbocycles. The van der Waals surface area contributed by atoms with Gasteiger partial charge in [-0.15, -0.1) is 0 Å². The first kappa shape index (κ1) is 24.9. The van der Waals surface area contributed by atoms with Crippen molar-refractivity contribution in [2.24, 2.45) is 46.3 Å². The standard InChI is InChI=1S/C31H44O5/c1-20(19-32)23-9-10-24-27-25(11-12-30(23,24)3)29(2)13-14-31(34-15-16-35-31)18-22(29)17-26(27)36-28(33)21-7-5-4-6-8-21/h4-8,20,22-27,32H,9-19H2,1-3H3/t20-,22+,23-,24?,25?,26?,27?,29+,30-/m1/s1. The van der Waals surface area contributed by atoms with E-state index in [1.54, 1.807) is 0 Å². The fourth-order valence-electron chi connectivity index (χ4n) is 9.90. The maximum Gasteiger partial charge on any atom is 0.338 e. The number of fused-ring (bicyclic) bond motifs is 5. The summed E-state index contributed by atoms with van der Waals surface area (Å²) < 4.78 is 18.9. The van der Waals surface area contributed by atoms with Crippen molar-refractivity contribution in [3.05, 3.63) is 35.9 Å². The van der Waals surface area contributed by atoms with Crippen LogP contribution in [0.15, 0.2) is 30.3 Å². The lowest BCUT2D eigenvalue weighted by Crippen LogP contribution is -2.61. The normalized spacial score (nSPS) is 43.9. The number of carbonyl (C=O) groups excluding carboxylic acids is 1. The van der Waals surface area contributed by atoms with Gasteiger partial charge in [0.05, 0.1) is 18.8 Å². The van der Waals surface area contributed by atoms with E-state index in [0.717, 1.165) is 25.7 Å². The highest BCUT2D eigenvalue weighted by molar-refractivity contribution is 5.89. The number of esters is 1. The number of aliphatic hydroxyl groups excluding tert-OH is 1. The molecule has 1 aliphatic heterocycles. The van der Waals surface area contributed by atoms with Crippen molar-refractivity contribution in [3.63, 3.8) is 0 Å². The first-order chi connectivity index (χ1) is 17.3. The van der Waals surface area contributed by atoms with E-state index in [0.29, 0.717) is 54.3 Å². The maximum atomic E-state index is 13.4. The van der Waals surface area contributed by atoms with Gasteiger partial charge >= 0.3 is 5.97 Å². The highest BCUT2D eigenvalue weighted by Gasteiger charge is 2.65. The average Bonchev–Trinajstić information content (AvgIpc) is 3.49. The molecule has 9 atom stereocenters. The Labute approximate surface area is 216 Å². The van der Waals surface area contributed by atoms with Gasteiger partial charge < -0.3 is 19.3 Å². The lowest BCUT2D eigenvalue weighted by molar-refractivity contribution is -0.242. The largest absolute Gasteiger partial charge is 0.458 e. The first-order valence-corrected chi connectivity index (χ1v) is 14.4. The number of rotatable bonds is 4. The van der Waals surface area contributed by atoms with Crippen molar-refractivity contribution < 1.29 is 24.1 Å². The molecule has 0 radical (unpaired) electrons. The quantitative estimate of drug-likeness (QED) is 0.530. The van der Waals surface area contributed by atoms with Gasteiger partial charge in [-0.05, 0) is 91.1 Å². The Hall–Kier alpha value is -1.43. The zero-order chi connectivity index (χ0) is 25.1. The molecule has 5 heteroatoms. The summed E-state index contributed by atoms with van der Waals surface area (Å²) >= 11 is 0. The minimum Gasteiger partial charge on any atom is -0.458 e. The molecule has 1 spiro atoms. The smallest absolute Gasteiger partial charge is 0.338 e. The molecule has 1 heterocycles. The summed E-state index contributed by atoms with van der Waals surface area (Å²) in [5.41, 5.74) is 1.07. The predicted octanol–water partition coefficient (Wildman–Crippen LogP) is 5.85. The van der Waals surface area contributed by atoms with Crippen LogP contribution in [0, 0.1) is 46.3 Å². The lowest BCUT2D eigenvalue weighted by Gasteiger charge is -2.63. The topological polar surface area (TPSA) is 65.0 Å². The molecule has 5 aliphatic rings. The van der Waals surface area contributed by atoms with Crippen LogP contribution in [0.2, 0.25) is 0 Å². The van der Waals surface area contributed by atoms with E-state index in [1.807, 2.05) is 30.3 Å². The number of hydrogen-bond donors (Lipinski definition) is 1. The zero-order valence-corrected chi connectivity index (χ0v) is 22.3. The Morgan fingerprint density at radius 3 is 2.47 bits per heavy atom. The van der Waals surface area contributed by atoms with Crippen LogP contribution in [0.4, 0.5) is 0 Å². The number of hydrogen-bond acceptors (Lipinski definition) is 5. The van der Waals surface area contributed by atoms with Crippen LogP contribution in [0.1, 0.15) is 82.5 Å². The number of ether oxygens (including phenoxy) is 3. The van der Waals surface area contributed by atoms with Crippen LogP contribution >= 0.6 is 0 Å². The molecule has 0 bridgehead atoms. The number of aliphatic hydroxyl groups is 1. The number of benzene rings is 1. The number of carbonyl (C=O) groups is 1. The second kappa shape index (κ2) is 9.10. The fourth-order valence-corrected chi connectivity index (χ4v) is 9.90. The molecule has 4 aliphatic carbocycles. The zero-order valence-electron chi connectivity index (χ0n) is 22.3. The SMILES string of the molecule is C[C@H](CO)[C@H]1CCC2C3C(OC(=O)c4ccccc4)C[C@H]4CC5(CC[C@]4(C)C3CC[C@@]21C)OCCO5. The van der Waals surface area contributed by atoms with Gasteiger partial charge in [0.2, 0.25) is 0 Å². The Balaban J connectivity index is 1.34. The van der Waals surface area contributed by atoms with Crippen molar-refractivity contribution >= 4 is 5.97 Å². The monoisotopic (exact) mass is 496 g/mol. The summed E-state index contributed by atoms with van der Waals surface area (Å²) in [6.07, 6.45) is 8.60. The summed E-state index contributed by atoms with van der Waals surface area (Å²) in [5, 5.41) is 10.0. The highest BCUT2D eigenvalue weighted by atomic mass is 16.7. The van der Waals surface area contributed by atoms with E-state index in [1.165, 1.54) is 25.7 Å². The molecule has 5 nitrogen and oxygen atoms in total. The van der Waals surface area contributed by atoms with Gasteiger partial charge in [0.25, 0.3) is 0 Å². The van der Waals surface area contributed by atoms with Crippen LogP contribution in [0.5, 0.6) is 0 Å². The summed E-state index contributed by atoms with van der Waals surface area (Å²) in [5.74, 6) is 2.14. The van der Waals surface area contributed by atoms with Gasteiger partial charge in [-0.3, -0.25) is 0 Å². The molecule has 6 rings (SSSR count). The van der Waals surface area contributed by atoms with Crippen LogP contribution < -0.4 is 0 Å². The average molecular weight is 497 g/mol. The fraction of sp³-hybridized carbons (Fsp3) is 0.774. The second-order valence-electron chi connectivity index (χ2n) is 13.2. The minimum absolute atomic E-state index is 0.0786. The maximum absolute atomic E-state index is 13.4. The van der Waals surface area contributed by atoms with Crippen molar-refractivity contribution in [2.45, 2.75) is 84.0 Å². The van der Waals surface area contributed by atoms with Crippen LogP contribution in [0.3, 0.4) is 0 Å². The van der Waals surface area contributed by atoms with Gasteiger partial charge in [0, 0.05) is 25.4 Å². The lowest BCUT2D eigenvalue weighted by atomic mass is 9.43. The van der Waals surface area contributed by atoms with E-state index in [-0.39, 0.29) is 29.5 Å². The molecule has 5 fully saturated rings. The molecule has 1 aromatic rings. The molecule has 198 valence electrons. The third kappa shape index (κ3) is 3.79. The molecule has 1 aromatic carbocycles. The summed E-state index contributed by atoms with van der Waals surface area (Å²) in [4.78, 5) is 13.4. The Kier molecular flexibility index (Phi) is 6.29. The highest BCUT2D eigenvalue weighted by Crippen LogP contribution is 2.69. The predicted molar refractivity (Wildman–Crippen MR) is 137 cm³/mol. The molecule has 1 N–H and O–H groups in total. The molecule has 4 unspecified atom stereocenters. The molecule has 0 amide bonds. The summed E-state index contributed by atoms with van der Waals surface area (Å²) in [6.45, 7) is 8.86. The molecule has 36 heavy (non-hydrogen) atoms. The summed E-state index contributed by atoms with van der Waals surface area (Å²) in [7, 11) is 0. The van der Waals surface area contributed by atoms with Gasteiger partial charge in [-0.2, -0.15) is 0 Å². The van der Waals surface area contributed by atoms with Gasteiger partial charge in [-0.25, -0.2) is 4.79 Å². The van der Waals surface area contributed by atoms with Crippen molar-refractivity contribution in [1.29, 1.82) is 0 Å². The third-order valence-corrected chi connectivity index (χ3v) is 11.8. The van der Waals surface area contributed by atoms with Gasteiger partial charge in [0.15, 0.2) is 5.79 Å².